The first-order chi connectivity index (χ1) is 14.9. The molecule has 6 heteroatoms. The Bertz CT molecular complexity index is 1020. The van der Waals surface area contributed by atoms with Crippen molar-refractivity contribution in [2.75, 3.05) is 36.0 Å². The van der Waals surface area contributed by atoms with E-state index in [1.165, 1.54) is 5.69 Å². The fourth-order valence-corrected chi connectivity index (χ4v) is 5.36. The van der Waals surface area contributed by atoms with Crippen molar-refractivity contribution in [1.29, 1.82) is 5.26 Å². The first kappa shape index (κ1) is 21.6. The molecule has 1 aromatic heterocycles. The average molecular weight is 437 g/mol. The van der Waals surface area contributed by atoms with Gasteiger partial charge in [0.05, 0.1) is 16.3 Å². The van der Waals surface area contributed by atoms with E-state index in [0.29, 0.717) is 29.3 Å². The van der Waals surface area contributed by atoms with E-state index >= 15 is 0 Å². The number of carbonyl (C=O) groups is 1. The lowest BCUT2D eigenvalue weighted by Gasteiger charge is -2.41. The zero-order valence-corrected chi connectivity index (χ0v) is 19.2. The lowest BCUT2D eigenvalue weighted by atomic mass is 9.64. The Morgan fingerprint density at radius 3 is 2.35 bits per heavy atom. The van der Waals surface area contributed by atoms with E-state index in [1.807, 2.05) is 18.2 Å². The summed E-state index contributed by atoms with van der Waals surface area (Å²) in [6.45, 7) is 9.69. The van der Waals surface area contributed by atoms with Crippen molar-refractivity contribution in [1.82, 2.24) is 4.98 Å². The number of nitriles is 1. The van der Waals surface area contributed by atoms with Crippen LogP contribution in [-0.2, 0) is 6.42 Å². The third-order valence-corrected chi connectivity index (χ3v) is 7.62. The first-order valence-electron chi connectivity index (χ1n) is 11.1. The number of hydrogen-bond acceptors (Lipinski definition) is 5. The van der Waals surface area contributed by atoms with Crippen LogP contribution in [0.1, 0.15) is 55.2 Å². The number of rotatable bonds is 4. The quantitative estimate of drug-likeness (QED) is 0.666. The average Bonchev–Trinajstić information content (AvgIpc) is 2.79. The minimum absolute atomic E-state index is 0.0197. The van der Waals surface area contributed by atoms with E-state index in [4.69, 9.17) is 16.6 Å². The number of anilines is 2. The van der Waals surface area contributed by atoms with Crippen LogP contribution in [0.25, 0.3) is 0 Å². The van der Waals surface area contributed by atoms with Gasteiger partial charge in [-0.15, -0.1) is 0 Å². The monoisotopic (exact) mass is 436 g/mol. The number of Topliss-reactive ketones (excluding diaryl/α,β-unsaturated/α-hetero) is 1. The summed E-state index contributed by atoms with van der Waals surface area (Å²) in [6, 6.07) is 12.6. The number of ketones is 1. The second-order valence-electron chi connectivity index (χ2n) is 9.01. The molecular weight excluding hydrogens is 408 g/mol. The molecule has 2 aromatic rings. The number of pyridine rings is 1. The van der Waals surface area contributed by atoms with Crippen molar-refractivity contribution in [2.24, 2.45) is 11.3 Å². The van der Waals surface area contributed by atoms with Crippen molar-refractivity contribution in [3.8, 4) is 6.07 Å². The van der Waals surface area contributed by atoms with Gasteiger partial charge in [-0.1, -0.05) is 50.6 Å². The molecule has 162 valence electrons. The molecule has 0 amide bonds. The van der Waals surface area contributed by atoms with Crippen LogP contribution in [-0.4, -0.2) is 36.9 Å². The molecule has 1 aliphatic heterocycles. The SMILES string of the molecule is CCC1(C(C)C)CC(=O)c2c(nc(N3CCN(c4ccccc4)CC3)c(C#N)c2Cl)C1. The Kier molecular flexibility index (Phi) is 5.94. The third kappa shape index (κ3) is 3.78. The number of fused-ring (bicyclic) bond motifs is 1. The Labute approximate surface area is 189 Å². The Morgan fingerprint density at radius 2 is 1.77 bits per heavy atom. The minimum Gasteiger partial charge on any atom is -0.368 e. The number of para-hydroxylation sites is 1. The van der Waals surface area contributed by atoms with Gasteiger partial charge in [0.25, 0.3) is 0 Å². The molecule has 31 heavy (non-hydrogen) atoms. The van der Waals surface area contributed by atoms with Crippen LogP contribution in [0, 0.1) is 22.7 Å². The van der Waals surface area contributed by atoms with Crippen molar-refractivity contribution in [2.45, 2.75) is 40.0 Å². The normalized spacial score (nSPS) is 21.2. The Balaban J connectivity index is 1.67. The van der Waals surface area contributed by atoms with Gasteiger partial charge in [0.15, 0.2) is 5.78 Å². The molecule has 4 rings (SSSR count). The van der Waals surface area contributed by atoms with Crippen molar-refractivity contribution >= 4 is 28.9 Å². The van der Waals surface area contributed by atoms with Crippen molar-refractivity contribution < 1.29 is 4.79 Å². The molecule has 0 spiro atoms. The zero-order valence-electron chi connectivity index (χ0n) is 18.5. The van der Waals surface area contributed by atoms with Gasteiger partial charge >= 0.3 is 0 Å². The molecule has 0 bridgehead atoms. The summed E-state index contributed by atoms with van der Waals surface area (Å²) in [5.74, 6) is 1.01. The standard InChI is InChI=1S/C25H29ClN4O/c1-4-25(17(2)3)14-20-22(21(31)15-25)23(26)19(16-27)24(28-20)30-12-10-29(11-13-30)18-8-6-5-7-9-18/h5-9,17H,4,10-15H2,1-3H3. The molecule has 1 aliphatic carbocycles. The first-order valence-corrected chi connectivity index (χ1v) is 11.5. The van der Waals surface area contributed by atoms with Crippen LogP contribution in [0.15, 0.2) is 30.3 Å². The smallest absolute Gasteiger partial charge is 0.166 e. The molecule has 0 N–H and O–H groups in total. The summed E-state index contributed by atoms with van der Waals surface area (Å²) in [5, 5.41) is 10.1. The minimum atomic E-state index is -0.0994. The molecule has 2 heterocycles. The van der Waals surface area contributed by atoms with Crippen LogP contribution >= 0.6 is 11.6 Å². The van der Waals surface area contributed by atoms with Crippen LogP contribution in [0.5, 0.6) is 0 Å². The van der Waals surface area contributed by atoms with E-state index in [2.05, 4.69) is 48.8 Å². The third-order valence-electron chi connectivity index (χ3n) is 7.24. The molecule has 1 fully saturated rings. The molecule has 5 nitrogen and oxygen atoms in total. The van der Waals surface area contributed by atoms with Gasteiger partial charge in [0.2, 0.25) is 0 Å². The van der Waals surface area contributed by atoms with E-state index in [0.717, 1.165) is 44.7 Å². The molecule has 0 saturated carbocycles. The second kappa shape index (κ2) is 8.51. The van der Waals surface area contributed by atoms with Crippen LogP contribution < -0.4 is 9.80 Å². The maximum absolute atomic E-state index is 13.1. The van der Waals surface area contributed by atoms with Gasteiger partial charge < -0.3 is 9.80 Å². The lowest BCUT2D eigenvalue weighted by molar-refractivity contribution is 0.0792. The maximum atomic E-state index is 13.1. The largest absolute Gasteiger partial charge is 0.368 e. The molecule has 1 aromatic carbocycles. The van der Waals surface area contributed by atoms with E-state index in [9.17, 15) is 10.1 Å². The fraction of sp³-hybridized carbons (Fsp3) is 0.480. The summed E-state index contributed by atoms with van der Waals surface area (Å²) in [6.07, 6.45) is 2.11. The Morgan fingerprint density at radius 1 is 1.13 bits per heavy atom. The molecule has 1 atom stereocenters. The highest BCUT2D eigenvalue weighted by atomic mass is 35.5. The van der Waals surface area contributed by atoms with E-state index in [-0.39, 0.29) is 16.2 Å². The van der Waals surface area contributed by atoms with E-state index < -0.39 is 0 Å². The number of nitrogens with zero attached hydrogens (tertiary/aromatic N) is 4. The number of carbonyl (C=O) groups excluding carboxylic acids is 1. The van der Waals surface area contributed by atoms with Gasteiger partial charge in [0.1, 0.15) is 17.5 Å². The molecule has 0 radical (unpaired) electrons. The number of halogens is 1. The van der Waals surface area contributed by atoms with Gasteiger partial charge in [0, 0.05) is 38.3 Å². The lowest BCUT2D eigenvalue weighted by Crippen LogP contribution is -2.47. The van der Waals surface area contributed by atoms with Gasteiger partial charge in [-0.25, -0.2) is 4.98 Å². The predicted molar refractivity (Wildman–Crippen MR) is 125 cm³/mol. The molecule has 1 unspecified atom stereocenters. The summed E-state index contributed by atoms with van der Waals surface area (Å²) < 4.78 is 0. The number of hydrogen-bond donors (Lipinski definition) is 0. The highest BCUT2D eigenvalue weighted by Gasteiger charge is 2.42. The maximum Gasteiger partial charge on any atom is 0.166 e. The Hall–Kier alpha value is -2.58. The van der Waals surface area contributed by atoms with Gasteiger partial charge in [-0.2, -0.15) is 5.26 Å². The van der Waals surface area contributed by atoms with E-state index in [1.54, 1.807) is 0 Å². The number of piperazine rings is 1. The highest BCUT2D eigenvalue weighted by molar-refractivity contribution is 6.35. The predicted octanol–water partition coefficient (Wildman–Crippen LogP) is 5.11. The van der Waals surface area contributed by atoms with Crippen molar-refractivity contribution in [3.05, 3.63) is 52.2 Å². The van der Waals surface area contributed by atoms with Gasteiger partial charge in [-0.3, -0.25) is 4.79 Å². The summed E-state index contributed by atoms with van der Waals surface area (Å²) in [4.78, 5) is 22.5. The van der Waals surface area contributed by atoms with Crippen molar-refractivity contribution in [3.63, 3.8) is 0 Å². The topological polar surface area (TPSA) is 60.2 Å². The van der Waals surface area contributed by atoms with Crippen LogP contribution in [0.3, 0.4) is 0 Å². The molecular formula is C25H29ClN4O. The van der Waals surface area contributed by atoms with Crippen LogP contribution in [0.2, 0.25) is 5.02 Å². The summed E-state index contributed by atoms with van der Waals surface area (Å²) >= 11 is 6.67. The highest BCUT2D eigenvalue weighted by Crippen LogP contribution is 2.46. The van der Waals surface area contributed by atoms with Gasteiger partial charge in [-0.05, 0) is 36.3 Å². The molecule has 2 aliphatic rings. The number of benzene rings is 1. The molecule has 1 saturated heterocycles. The summed E-state index contributed by atoms with van der Waals surface area (Å²) in [5.41, 5.74) is 2.66. The second-order valence-corrected chi connectivity index (χ2v) is 9.39. The zero-order chi connectivity index (χ0) is 22.2. The van der Waals surface area contributed by atoms with Crippen LogP contribution in [0.4, 0.5) is 11.5 Å². The summed E-state index contributed by atoms with van der Waals surface area (Å²) in [7, 11) is 0. The number of aromatic nitrogens is 1. The fourth-order valence-electron chi connectivity index (χ4n) is 5.01.